The van der Waals surface area contributed by atoms with Crippen molar-refractivity contribution in [3.63, 3.8) is 0 Å². The monoisotopic (exact) mass is 302 g/mol. The average Bonchev–Trinajstić information content (AvgIpc) is 3.02. The van der Waals surface area contributed by atoms with Gasteiger partial charge in [0.05, 0.1) is 0 Å². The van der Waals surface area contributed by atoms with Gasteiger partial charge in [0.15, 0.2) is 5.82 Å². The van der Waals surface area contributed by atoms with Crippen LogP contribution in [0.4, 0.5) is 0 Å². The smallest absolute Gasteiger partial charge is 0.226 e. The Morgan fingerprint density at radius 1 is 1.50 bits per heavy atom. The van der Waals surface area contributed by atoms with Gasteiger partial charge >= 0.3 is 0 Å². The van der Waals surface area contributed by atoms with Gasteiger partial charge in [-0.1, -0.05) is 12.1 Å². The molecule has 1 aromatic heterocycles. The van der Waals surface area contributed by atoms with Gasteiger partial charge in [0, 0.05) is 31.8 Å². The largest absolute Gasteiger partial charge is 0.352 e. The van der Waals surface area contributed by atoms with Gasteiger partial charge in [0.25, 0.3) is 0 Å². The van der Waals surface area contributed by atoms with Gasteiger partial charge in [0.2, 0.25) is 11.8 Å². The normalized spacial score (nSPS) is 17.8. The van der Waals surface area contributed by atoms with E-state index in [0.717, 1.165) is 44.6 Å². The highest BCUT2D eigenvalue weighted by Crippen LogP contribution is 2.05. The third-order valence-electron chi connectivity index (χ3n) is 3.20. The first kappa shape index (κ1) is 16.9. The first-order valence-electron chi connectivity index (χ1n) is 7.09. The molecular formula is C13H23ClN4O2. The molecule has 0 bridgehead atoms. The fraction of sp³-hybridized carbons (Fsp3) is 0.769. The van der Waals surface area contributed by atoms with Crippen molar-refractivity contribution in [2.75, 3.05) is 13.1 Å². The van der Waals surface area contributed by atoms with Crippen molar-refractivity contribution in [1.29, 1.82) is 0 Å². The van der Waals surface area contributed by atoms with Gasteiger partial charge in [-0.05, 0) is 25.8 Å². The van der Waals surface area contributed by atoms with Crippen LogP contribution in [0, 0.1) is 0 Å². The van der Waals surface area contributed by atoms with Crippen molar-refractivity contribution in [1.82, 2.24) is 20.8 Å². The van der Waals surface area contributed by atoms with Crippen LogP contribution in [0.1, 0.15) is 44.3 Å². The first-order valence-corrected chi connectivity index (χ1v) is 7.09. The highest BCUT2D eigenvalue weighted by atomic mass is 35.5. The summed E-state index contributed by atoms with van der Waals surface area (Å²) in [7, 11) is 0. The number of nitrogens with one attached hydrogen (secondary N) is 2. The molecule has 1 unspecified atom stereocenters. The number of amides is 1. The zero-order chi connectivity index (χ0) is 13.5. The molecule has 20 heavy (non-hydrogen) atoms. The zero-order valence-corrected chi connectivity index (χ0v) is 12.7. The van der Waals surface area contributed by atoms with Crippen molar-refractivity contribution in [3.8, 4) is 0 Å². The van der Waals surface area contributed by atoms with Crippen molar-refractivity contribution in [3.05, 3.63) is 11.7 Å². The molecule has 1 atom stereocenters. The maximum Gasteiger partial charge on any atom is 0.226 e. The lowest BCUT2D eigenvalue weighted by atomic mass is 10.2. The van der Waals surface area contributed by atoms with Crippen LogP contribution in [0.5, 0.6) is 0 Å². The molecule has 1 saturated heterocycles. The molecule has 1 amide bonds. The molecule has 2 N–H and O–H groups in total. The second-order valence-corrected chi connectivity index (χ2v) is 4.97. The molecule has 1 aliphatic heterocycles. The van der Waals surface area contributed by atoms with Gasteiger partial charge in [-0.3, -0.25) is 4.79 Å². The topological polar surface area (TPSA) is 80.0 Å². The molecule has 6 nitrogen and oxygen atoms in total. The van der Waals surface area contributed by atoms with Crippen molar-refractivity contribution < 1.29 is 9.32 Å². The van der Waals surface area contributed by atoms with E-state index in [9.17, 15) is 4.79 Å². The van der Waals surface area contributed by atoms with Crippen molar-refractivity contribution in [2.24, 2.45) is 0 Å². The van der Waals surface area contributed by atoms with Crippen molar-refractivity contribution in [2.45, 2.75) is 51.5 Å². The molecule has 7 heteroatoms. The van der Waals surface area contributed by atoms with Crippen molar-refractivity contribution >= 4 is 18.3 Å². The van der Waals surface area contributed by atoms with E-state index in [1.165, 1.54) is 0 Å². The third kappa shape index (κ3) is 5.46. The fourth-order valence-corrected chi connectivity index (χ4v) is 2.19. The Kier molecular flexibility index (Phi) is 7.54. The van der Waals surface area contributed by atoms with Crippen LogP contribution in [-0.2, 0) is 17.6 Å². The Morgan fingerprint density at radius 2 is 2.35 bits per heavy atom. The molecule has 1 aromatic rings. The molecule has 1 aliphatic rings. The standard InChI is InChI=1S/C13H22N4O2.ClH/c1-2-4-11-16-13(19-17-11)6-3-5-12(18)15-10-7-8-14-9-10;/h10,14H,2-9H2,1H3,(H,15,18);1H. The minimum atomic E-state index is 0. The lowest BCUT2D eigenvalue weighted by Crippen LogP contribution is -2.36. The Bertz CT molecular complexity index is 405. The van der Waals surface area contributed by atoms with Crippen LogP contribution in [0.3, 0.4) is 0 Å². The lowest BCUT2D eigenvalue weighted by molar-refractivity contribution is -0.121. The number of nitrogens with zero attached hydrogens (tertiary/aromatic N) is 2. The van der Waals surface area contributed by atoms with E-state index in [0.29, 0.717) is 24.8 Å². The minimum Gasteiger partial charge on any atom is -0.352 e. The molecule has 2 heterocycles. The van der Waals surface area contributed by atoms with E-state index >= 15 is 0 Å². The maximum absolute atomic E-state index is 11.7. The van der Waals surface area contributed by atoms with Crippen LogP contribution >= 0.6 is 12.4 Å². The summed E-state index contributed by atoms with van der Waals surface area (Å²) in [6, 6.07) is 0.298. The summed E-state index contributed by atoms with van der Waals surface area (Å²) >= 11 is 0. The van der Waals surface area contributed by atoms with Crippen LogP contribution in [0.2, 0.25) is 0 Å². The van der Waals surface area contributed by atoms with Crippen LogP contribution in [0.25, 0.3) is 0 Å². The number of halogens is 1. The summed E-state index contributed by atoms with van der Waals surface area (Å²) in [5.74, 6) is 1.51. The molecule has 1 fully saturated rings. The summed E-state index contributed by atoms with van der Waals surface area (Å²) < 4.78 is 5.13. The van der Waals surface area contributed by atoms with Gasteiger partial charge in [-0.2, -0.15) is 4.98 Å². The van der Waals surface area contributed by atoms with E-state index in [1.807, 2.05) is 0 Å². The van der Waals surface area contributed by atoms with Gasteiger partial charge in [0.1, 0.15) is 0 Å². The Balaban J connectivity index is 0.00000200. The zero-order valence-electron chi connectivity index (χ0n) is 11.9. The second-order valence-electron chi connectivity index (χ2n) is 4.97. The number of aromatic nitrogens is 2. The summed E-state index contributed by atoms with van der Waals surface area (Å²) in [5.41, 5.74) is 0. The van der Waals surface area contributed by atoms with E-state index < -0.39 is 0 Å². The van der Waals surface area contributed by atoms with Gasteiger partial charge in [-0.25, -0.2) is 0 Å². The van der Waals surface area contributed by atoms with Gasteiger partial charge in [-0.15, -0.1) is 12.4 Å². The molecule has 0 spiro atoms. The number of carbonyl (C=O) groups excluding carboxylic acids is 1. The Labute approximate surface area is 125 Å². The first-order chi connectivity index (χ1) is 9.28. The molecule has 0 radical (unpaired) electrons. The number of aryl methyl sites for hydroxylation is 2. The van der Waals surface area contributed by atoms with E-state index in [-0.39, 0.29) is 18.3 Å². The highest BCUT2D eigenvalue weighted by molar-refractivity contribution is 5.85. The Hall–Kier alpha value is -1.14. The van der Waals surface area contributed by atoms with Crippen LogP contribution in [-0.4, -0.2) is 35.2 Å². The van der Waals surface area contributed by atoms with E-state index in [4.69, 9.17) is 4.52 Å². The number of hydrogen-bond donors (Lipinski definition) is 2. The molecular weight excluding hydrogens is 280 g/mol. The summed E-state index contributed by atoms with van der Waals surface area (Å²) in [5, 5.41) is 10.1. The predicted molar refractivity (Wildman–Crippen MR) is 77.9 cm³/mol. The maximum atomic E-state index is 11.7. The second kappa shape index (κ2) is 8.92. The van der Waals surface area contributed by atoms with Crippen LogP contribution in [0.15, 0.2) is 4.52 Å². The minimum absolute atomic E-state index is 0. The van der Waals surface area contributed by atoms with E-state index in [2.05, 4.69) is 27.7 Å². The summed E-state index contributed by atoms with van der Waals surface area (Å²) in [4.78, 5) is 16.0. The summed E-state index contributed by atoms with van der Waals surface area (Å²) in [6.45, 7) is 3.96. The predicted octanol–water partition coefficient (Wildman–Crippen LogP) is 1.24. The third-order valence-corrected chi connectivity index (χ3v) is 3.20. The number of hydrogen-bond acceptors (Lipinski definition) is 5. The van der Waals surface area contributed by atoms with Crippen LogP contribution < -0.4 is 10.6 Å². The Morgan fingerprint density at radius 3 is 3.05 bits per heavy atom. The number of carbonyl (C=O) groups is 1. The van der Waals surface area contributed by atoms with E-state index in [1.54, 1.807) is 0 Å². The number of rotatable bonds is 7. The van der Waals surface area contributed by atoms with Gasteiger partial charge < -0.3 is 15.2 Å². The molecule has 114 valence electrons. The molecule has 0 saturated carbocycles. The lowest BCUT2D eigenvalue weighted by Gasteiger charge is -2.10. The quantitative estimate of drug-likeness (QED) is 0.792. The SMILES string of the molecule is CCCc1noc(CCCC(=O)NC2CCNC2)n1.Cl. The molecule has 0 aromatic carbocycles. The highest BCUT2D eigenvalue weighted by Gasteiger charge is 2.16. The molecule has 0 aliphatic carbocycles. The molecule has 2 rings (SSSR count). The average molecular weight is 303 g/mol. The summed E-state index contributed by atoms with van der Waals surface area (Å²) in [6.07, 6.45) is 4.82. The fourth-order valence-electron chi connectivity index (χ4n) is 2.19.